The summed E-state index contributed by atoms with van der Waals surface area (Å²) in [5.41, 5.74) is 0. The van der Waals surface area contributed by atoms with Crippen molar-refractivity contribution in [1.29, 1.82) is 0 Å². The molecule has 1 saturated carbocycles. The highest BCUT2D eigenvalue weighted by molar-refractivity contribution is 4.74. The number of nitrogens with zero attached hydrogens (tertiary/aromatic N) is 1. The molecular weight excluding hydrogens is 214 g/mol. The van der Waals surface area contributed by atoms with Crippen LogP contribution in [0.3, 0.4) is 0 Å². The van der Waals surface area contributed by atoms with Gasteiger partial charge in [-0.05, 0) is 31.7 Å². The molecule has 1 fully saturated rings. The van der Waals surface area contributed by atoms with Gasteiger partial charge < -0.3 is 14.7 Å². The van der Waals surface area contributed by atoms with Gasteiger partial charge in [-0.15, -0.1) is 0 Å². The Morgan fingerprint density at radius 2 is 2.12 bits per heavy atom. The number of hydrogen-bond donors (Lipinski definition) is 1. The van der Waals surface area contributed by atoms with E-state index in [0.29, 0.717) is 6.61 Å². The minimum absolute atomic E-state index is 0.327. The summed E-state index contributed by atoms with van der Waals surface area (Å²) in [4.78, 5) is 2.36. The van der Waals surface area contributed by atoms with Crippen LogP contribution in [0.4, 0.5) is 0 Å². The quantitative estimate of drug-likeness (QED) is 0.598. The maximum atomic E-state index is 9.89. The maximum absolute atomic E-state index is 9.89. The zero-order valence-electron chi connectivity index (χ0n) is 11.5. The van der Waals surface area contributed by atoms with Gasteiger partial charge >= 0.3 is 0 Å². The molecule has 0 aromatic heterocycles. The molecule has 0 saturated heterocycles. The van der Waals surface area contributed by atoms with Crippen molar-refractivity contribution in [3.05, 3.63) is 0 Å². The van der Waals surface area contributed by atoms with Gasteiger partial charge in [0.05, 0.1) is 12.7 Å². The SMILES string of the molecule is CCCCOCC(O)CN(CC)CC1CCC1. The number of ether oxygens (including phenoxy) is 1. The maximum Gasteiger partial charge on any atom is 0.0900 e. The van der Waals surface area contributed by atoms with Gasteiger partial charge in [0.25, 0.3) is 0 Å². The van der Waals surface area contributed by atoms with Crippen LogP contribution >= 0.6 is 0 Å². The van der Waals surface area contributed by atoms with E-state index in [4.69, 9.17) is 4.74 Å². The van der Waals surface area contributed by atoms with E-state index in [1.807, 2.05) is 0 Å². The minimum Gasteiger partial charge on any atom is -0.389 e. The molecule has 0 amide bonds. The van der Waals surface area contributed by atoms with Gasteiger partial charge in [-0.25, -0.2) is 0 Å². The lowest BCUT2D eigenvalue weighted by molar-refractivity contribution is 0.0118. The van der Waals surface area contributed by atoms with E-state index >= 15 is 0 Å². The molecule has 3 nitrogen and oxygen atoms in total. The highest BCUT2D eigenvalue weighted by atomic mass is 16.5. The summed E-state index contributed by atoms with van der Waals surface area (Å²) in [5.74, 6) is 0.878. The monoisotopic (exact) mass is 243 g/mol. The van der Waals surface area contributed by atoms with Crippen LogP contribution in [0.2, 0.25) is 0 Å². The summed E-state index contributed by atoms with van der Waals surface area (Å²) < 4.78 is 5.45. The lowest BCUT2D eigenvalue weighted by Gasteiger charge is -2.32. The zero-order chi connectivity index (χ0) is 12.5. The largest absolute Gasteiger partial charge is 0.389 e. The molecule has 1 aliphatic carbocycles. The van der Waals surface area contributed by atoms with Gasteiger partial charge in [0.2, 0.25) is 0 Å². The second-order valence-corrected chi connectivity index (χ2v) is 5.23. The minimum atomic E-state index is -0.327. The average molecular weight is 243 g/mol. The lowest BCUT2D eigenvalue weighted by Crippen LogP contribution is -2.39. The third kappa shape index (κ3) is 6.39. The topological polar surface area (TPSA) is 32.7 Å². The van der Waals surface area contributed by atoms with Gasteiger partial charge in [0.15, 0.2) is 0 Å². The Kier molecular flexibility index (Phi) is 7.82. The Balaban J connectivity index is 2.06. The predicted molar refractivity (Wildman–Crippen MR) is 71.2 cm³/mol. The van der Waals surface area contributed by atoms with E-state index in [-0.39, 0.29) is 6.10 Å². The number of aliphatic hydroxyl groups is 1. The summed E-state index contributed by atoms with van der Waals surface area (Å²) >= 11 is 0. The zero-order valence-corrected chi connectivity index (χ0v) is 11.5. The van der Waals surface area contributed by atoms with Crippen LogP contribution in [-0.2, 0) is 4.74 Å². The predicted octanol–water partition coefficient (Wildman–Crippen LogP) is 2.29. The fourth-order valence-electron chi connectivity index (χ4n) is 2.19. The molecule has 0 aliphatic heterocycles. The Labute approximate surface area is 106 Å². The molecule has 0 aromatic rings. The fraction of sp³-hybridized carbons (Fsp3) is 1.00. The van der Waals surface area contributed by atoms with Crippen molar-refractivity contribution >= 4 is 0 Å². The van der Waals surface area contributed by atoms with E-state index in [2.05, 4.69) is 18.7 Å². The molecule has 0 heterocycles. The summed E-state index contributed by atoms with van der Waals surface area (Å²) in [5, 5.41) is 9.89. The molecule has 0 radical (unpaired) electrons. The average Bonchev–Trinajstić information content (AvgIpc) is 2.27. The smallest absolute Gasteiger partial charge is 0.0900 e. The van der Waals surface area contributed by atoms with E-state index in [1.165, 1.54) is 19.3 Å². The van der Waals surface area contributed by atoms with Crippen molar-refractivity contribution < 1.29 is 9.84 Å². The Morgan fingerprint density at radius 3 is 2.65 bits per heavy atom. The Hall–Kier alpha value is -0.120. The highest BCUT2D eigenvalue weighted by Gasteiger charge is 2.21. The molecule has 17 heavy (non-hydrogen) atoms. The van der Waals surface area contributed by atoms with Gasteiger partial charge in [0.1, 0.15) is 0 Å². The molecule has 1 atom stereocenters. The molecular formula is C14H29NO2. The van der Waals surface area contributed by atoms with E-state index in [9.17, 15) is 5.11 Å². The Bertz CT molecular complexity index is 183. The first kappa shape index (κ1) is 14.9. The molecule has 0 spiro atoms. The van der Waals surface area contributed by atoms with Gasteiger partial charge in [0, 0.05) is 19.7 Å². The van der Waals surface area contributed by atoms with Crippen LogP contribution in [0.25, 0.3) is 0 Å². The molecule has 0 bridgehead atoms. The molecule has 1 rings (SSSR count). The number of aliphatic hydroxyl groups excluding tert-OH is 1. The summed E-state index contributed by atoms with van der Waals surface area (Å²) in [7, 11) is 0. The second kappa shape index (κ2) is 8.90. The molecule has 3 heteroatoms. The van der Waals surface area contributed by atoms with Gasteiger partial charge in [-0.3, -0.25) is 0 Å². The van der Waals surface area contributed by atoms with Crippen molar-refractivity contribution in [3.8, 4) is 0 Å². The second-order valence-electron chi connectivity index (χ2n) is 5.23. The summed E-state index contributed by atoms with van der Waals surface area (Å²) in [6, 6.07) is 0. The summed E-state index contributed by atoms with van der Waals surface area (Å²) in [6.07, 6.45) is 6.06. The normalized spacial score (nSPS) is 18.4. The highest BCUT2D eigenvalue weighted by Crippen LogP contribution is 2.26. The molecule has 102 valence electrons. The first-order valence-electron chi connectivity index (χ1n) is 7.24. The number of hydrogen-bond acceptors (Lipinski definition) is 3. The van der Waals surface area contributed by atoms with Crippen molar-refractivity contribution in [2.75, 3.05) is 32.8 Å². The van der Waals surface area contributed by atoms with E-state index < -0.39 is 0 Å². The molecule has 1 N–H and O–H groups in total. The summed E-state index contributed by atoms with van der Waals surface area (Å²) in [6.45, 7) is 8.54. The first-order valence-corrected chi connectivity index (χ1v) is 7.24. The van der Waals surface area contributed by atoms with Crippen LogP contribution in [-0.4, -0.2) is 49.0 Å². The Morgan fingerprint density at radius 1 is 1.35 bits per heavy atom. The molecule has 0 aromatic carbocycles. The van der Waals surface area contributed by atoms with Crippen LogP contribution in [0.1, 0.15) is 46.0 Å². The van der Waals surface area contributed by atoms with Gasteiger partial charge in [-0.2, -0.15) is 0 Å². The van der Waals surface area contributed by atoms with Crippen LogP contribution in [0.15, 0.2) is 0 Å². The molecule has 1 unspecified atom stereocenters. The van der Waals surface area contributed by atoms with Crippen molar-refractivity contribution in [1.82, 2.24) is 4.90 Å². The van der Waals surface area contributed by atoms with Crippen LogP contribution < -0.4 is 0 Å². The van der Waals surface area contributed by atoms with E-state index in [1.54, 1.807) is 0 Å². The number of likely N-dealkylation sites (N-methyl/N-ethyl adjacent to an activating group) is 1. The first-order chi connectivity index (χ1) is 8.26. The lowest BCUT2D eigenvalue weighted by atomic mass is 9.85. The van der Waals surface area contributed by atoms with Crippen molar-refractivity contribution in [3.63, 3.8) is 0 Å². The number of unbranched alkanes of at least 4 members (excludes halogenated alkanes) is 1. The standard InChI is InChI=1S/C14H29NO2/c1-3-5-9-17-12-14(16)11-15(4-2)10-13-7-6-8-13/h13-14,16H,3-12H2,1-2H3. The van der Waals surface area contributed by atoms with E-state index in [0.717, 1.165) is 45.0 Å². The van der Waals surface area contributed by atoms with Gasteiger partial charge in [-0.1, -0.05) is 26.7 Å². The number of rotatable bonds is 10. The fourth-order valence-corrected chi connectivity index (χ4v) is 2.19. The third-order valence-corrected chi connectivity index (χ3v) is 3.61. The molecule has 1 aliphatic rings. The van der Waals surface area contributed by atoms with Crippen LogP contribution in [0.5, 0.6) is 0 Å². The van der Waals surface area contributed by atoms with Crippen LogP contribution in [0, 0.1) is 5.92 Å². The van der Waals surface area contributed by atoms with Crippen molar-refractivity contribution in [2.45, 2.75) is 52.1 Å². The van der Waals surface area contributed by atoms with Crippen molar-refractivity contribution in [2.24, 2.45) is 5.92 Å². The third-order valence-electron chi connectivity index (χ3n) is 3.61.